The van der Waals surface area contributed by atoms with Crippen molar-refractivity contribution in [1.82, 2.24) is 4.90 Å². The van der Waals surface area contributed by atoms with Crippen LogP contribution in [0.3, 0.4) is 0 Å². The second-order valence-electron chi connectivity index (χ2n) is 4.66. The molecule has 0 heterocycles. The Bertz CT molecular complexity index is 342. The highest BCUT2D eigenvalue weighted by molar-refractivity contribution is 5.28. The van der Waals surface area contributed by atoms with Crippen molar-refractivity contribution in [2.24, 2.45) is 5.73 Å². The molecule has 0 radical (unpaired) electrons. The molecule has 4 nitrogen and oxygen atoms in total. The van der Waals surface area contributed by atoms with E-state index in [4.69, 9.17) is 10.5 Å². The number of rotatable bonds is 8. The summed E-state index contributed by atoms with van der Waals surface area (Å²) in [6.45, 7) is 4.63. The topological polar surface area (TPSA) is 58.7 Å². The number of likely N-dealkylation sites (N-methyl/N-ethyl adjacent to an activating group) is 1. The summed E-state index contributed by atoms with van der Waals surface area (Å²) < 4.78 is 5.66. The highest BCUT2D eigenvalue weighted by Gasteiger charge is 2.02. The van der Waals surface area contributed by atoms with Crippen LogP contribution in [-0.4, -0.2) is 42.9 Å². The van der Waals surface area contributed by atoms with E-state index in [1.165, 1.54) is 0 Å². The van der Waals surface area contributed by atoms with E-state index >= 15 is 0 Å². The lowest BCUT2D eigenvalue weighted by molar-refractivity contribution is 0.137. The summed E-state index contributed by atoms with van der Waals surface area (Å²) in [6, 6.07) is 7.86. The van der Waals surface area contributed by atoms with Gasteiger partial charge < -0.3 is 20.5 Å². The molecule has 102 valence electrons. The first-order chi connectivity index (χ1) is 8.61. The van der Waals surface area contributed by atoms with Gasteiger partial charge in [0.05, 0.1) is 12.7 Å². The molecule has 1 aromatic carbocycles. The fourth-order valence-electron chi connectivity index (χ4n) is 1.83. The highest BCUT2D eigenvalue weighted by Crippen LogP contribution is 2.12. The Labute approximate surface area is 109 Å². The number of hydrogen-bond donors (Lipinski definition) is 2. The van der Waals surface area contributed by atoms with E-state index in [0.717, 1.165) is 24.3 Å². The lowest BCUT2D eigenvalue weighted by atomic mass is 10.2. The Balaban J connectivity index is 2.21. The molecule has 1 rings (SSSR count). The summed E-state index contributed by atoms with van der Waals surface area (Å²) in [5.74, 6) is 0.871. The predicted molar refractivity (Wildman–Crippen MR) is 73.6 cm³/mol. The molecular formula is C14H24N2O2. The van der Waals surface area contributed by atoms with Crippen LogP contribution in [0.15, 0.2) is 24.3 Å². The van der Waals surface area contributed by atoms with Crippen molar-refractivity contribution in [3.05, 3.63) is 29.8 Å². The molecule has 0 saturated carbocycles. The van der Waals surface area contributed by atoms with Crippen molar-refractivity contribution >= 4 is 0 Å². The summed E-state index contributed by atoms with van der Waals surface area (Å²) in [5.41, 5.74) is 6.66. The Morgan fingerprint density at radius 1 is 1.44 bits per heavy atom. The maximum absolute atomic E-state index is 9.23. The largest absolute Gasteiger partial charge is 0.494 e. The molecule has 0 aliphatic carbocycles. The molecule has 0 fully saturated rings. The van der Waals surface area contributed by atoms with Gasteiger partial charge in [-0.1, -0.05) is 12.1 Å². The van der Waals surface area contributed by atoms with E-state index in [2.05, 4.69) is 4.90 Å². The Morgan fingerprint density at radius 2 is 2.22 bits per heavy atom. The van der Waals surface area contributed by atoms with Crippen molar-refractivity contribution in [3.63, 3.8) is 0 Å². The second kappa shape index (κ2) is 8.08. The number of aliphatic hydroxyl groups is 1. The van der Waals surface area contributed by atoms with Gasteiger partial charge in [0.15, 0.2) is 0 Å². The third-order valence-electron chi connectivity index (χ3n) is 2.66. The molecule has 0 bridgehead atoms. The molecule has 0 spiro atoms. The van der Waals surface area contributed by atoms with Crippen LogP contribution < -0.4 is 10.5 Å². The Hall–Kier alpha value is -1.10. The van der Waals surface area contributed by atoms with Crippen molar-refractivity contribution in [3.8, 4) is 5.75 Å². The molecule has 0 aliphatic heterocycles. The molecule has 1 unspecified atom stereocenters. The van der Waals surface area contributed by atoms with Crippen LogP contribution in [0.5, 0.6) is 5.75 Å². The average Bonchev–Trinajstić information content (AvgIpc) is 2.34. The van der Waals surface area contributed by atoms with Crippen LogP contribution in [-0.2, 0) is 6.54 Å². The van der Waals surface area contributed by atoms with Gasteiger partial charge >= 0.3 is 0 Å². The lowest BCUT2D eigenvalue weighted by Gasteiger charge is -2.18. The van der Waals surface area contributed by atoms with Crippen LogP contribution in [0.2, 0.25) is 0 Å². The van der Waals surface area contributed by atoms with E-state index in [9.17, 15) is 5.11 Å². The van der Waals surface area contributed by atoms with E-state index in [-0.39, 0.29) is 6.10 Å². The van der Waals surface area contributed by atoms with Crippen molar-refractivity contribution in [2.45, 2.75) is 26.0 Å². The van der Waals surface area contributed by atoms with E-state index in [0.29, 0.717) is 19.7 Å². The van der Waals surface area contributed by atoms with Gasteiger partial charge in [-0.25, -0.2) is 0 Å². The monoisotopic (exact) mass is 252 g/mol. The smallest absolute Gasteiger partial charge is 0.119 e. The number of nitrogens with two attached hydrogens (primary N) is 1. The first-order valence-electron chi connectivity index (χ1n) is 6.40. The quantitative estimate of drug-likeness (QED) is 0.683. The van der Waals surface area contributed by atoms with Crippen molar-refractivity contribution in [1.29, 1.82) is 0 Å². The summed E-state index contributed by atoms with van der Waals surface area (Å²) in [4.78, 5) is 2.10. The van der Waals surface area contributed by atoms with Crippen LogP contribution >= 0.6 is 0 Å². The normalized spacial score (nSPS) is 12.7. The summed E-state index contributed by atoms with van der Waals surface area (Å²) >= 11 is 0. The molecule has 0 aromatic heterocycles. The molecule has 0 aliphatic rings. The van der Waals surface area contributed by atoms with Crippen molar-refractivity contribution < 1.29 is 9.84 Å². The number of nitrogens with zero attached hydrogens (tertiary/aromatic N) is 1. The molecule has 1 aromatic rings. The summed E-state index contributed by atoms with van der Waals surface area (Å²) in [5, 5.41) is 9.23. The van der Waals surface area contributed by atoms with Crippen molar-refractivity contribution in [2.75, 3.05) is 26.7 Å². The minimum Gasteiger partial charge on any atom is -0.494 e. The van der Waals surface area contributed by atoms with Gasteiger partial charge in [0.1, 0.15) is 5.75 Å². The maximum Gasteiger partial charge on any atom is 0.119 e. The molecule has 0 amide bonds. The number of hydrogen-bond acceptors (Lipinski definition) is 4. The maximum atomic E-state index is 9.23. The third-order valence-corrected chi connectivity index (χ3v) is 2.66. The van der Waals surface area contributed by atoms with Gasteiger partial charge in [-0.15, -0.1) is 0 Å². The van der Waals surface area contributed by atoms with E-state index in [1.807, 2.05) is 31.3 Å². The van der Waals surface area contributed by atoms with Crippen LogP contribution in [0, 0.1) is 0 Å². The summed E-state index contributed by atoms with van der Waals surface area (Å²) in [7, 11) is 2.00. The average molecular weight is 252 g/mol. The van der Waals surface area contributed by atoms with Gasteiger partial charge in [0.25, 0.3) is 0 Å². The standard InChI is InChI=1S/C14H24N2O2/c1-12(17)11-16(2)7-4-8-18-14-6-3-5-13(9-14)10-15/h3,5-6,9,12,17H,4,7-8,10-11,15H2,1-2H3. The fourth-order valence-corrected chi connectivity index (χ4v) is 1.83. The van der Waals surface area contributed by atoms with Crippen LogP contribution in [0.25, 0.3) is 0 Å². The van der Waals surface area contributed by atoms with E-state index in [1.54, 1.807) is 6.92 Å². The zero-order valence-corrected chi connectivity index (χ0v) is 11.3. The molecule has 4 heteroatoms. The van der Waals surface area contributed by atoms with Crippen LogP contribution in [0.4, 0.5) is 0 Å². The zero-order chi connectivity index (χ0) is 13.4. The third kappa shape index (κ3) is 6.00. The lowest BCUT2D eigenvalue weighted by Crippen LogP contribution is -2.28. The van der Waals surface area contributed by atoms with Gasteiger partial charge in [-0.05, 0) is 38.1 Å². The zero-order valence-electron chi connectivity index (χ0n) is 11.3. The van der Waals surface area contributed by atoms with Gasteiger partial charge in [-0.3, -0.25) is 0 Å². The second-order valence-corrected chi connectivity index (χ2v) is 4.66. The molecule has 3 N–H and O–H groups in total. The first kappa shape index (κ1) is 15.0. The molecule has 1 atom stereocenters. The molecule has 0 saturated heterocycles. The first-order valence-corrected chi connectivity index (χ1v) is 6.40. The van der Waals surface area contributed by atoms with Crippen LogP contribution in [0.1, 0.15) is 18.9 Å². The van der Waals surface area contributed by atoms with Gasteiger partial charge in [0, 0.05) is 19.6 Å². The highest BCUT2D eigenvalue weighted by atomic mass is 16.5. The summed E-state index contributed by atoms with van der Waals surface area (Å²) in [6.07, 6.45) is 0.660. The predicted octanol–water partition coefficient (Wildman–Crippen LogP) is 1.23. The Morgan fingerprint density at radius 3 is 2.89 bits per heavy atom. The Kier molecular flexibility index (Phi) is 6.72. The number of benzene rings is 1. The molecular weight excluding hydrogens is 228 g/mol. The number of aliphatic hydroxyl groups excluding tert-OH is 1. The van der Waals surface area contributed by atoms with Gasteiger partial charge in [-0.2, -0.15) is 0 Å². The van der Waals surface area contributed by atoms with Gasteiger partial charge in [0.2, 0.25) is 0 Å². The van der Waals surface area contributed by atoms with E-state index < -0.39 is 0 Å². The minimum absolute atomic E-state index is 0.280. The fraction of sp³-hybridized carbons (Fsp3) is 0.571. The number of ether oxygens (including phenoxy) is 1. The minimum atomic E-state index is -0.280. The SMILES string of the molecule is CC(O)CN(C)CCCOc1cccc(CN)c1. The molecule has 18 heavy (non-hydrogen) atoms.